The van der Waals surface area contributed by atoms with Gasteiger partial charge in [-0.3, -0.25) is 9.78 Å². The summed E-state index contributed by atoms with van der Waals surface area (Å²) in [6.07, 6.45) is 1.71. The highest BCUT2D eigenvalue weighted by Crippen LogP contribution is 2.26. The van der Waals surface area contributed by atoms with Crippen LogP contribution in [0.4, 0.5) is 4.39 Å². The van der Waals surface area contributed by atoms with Crippen molar-refractivity contribution < 1.29 is 13.9 Å². The number of likely N-dealkylation sites (N-methyl/N-ethyl adjacent to an activating group) is 1. The van der Waals surface area contributed by atoms with E-state index in [4.69, 9.17) is 9.72 Å². The summed E-state index contributed by atoms with van der Waals surface area (Å²) < 4.78 is 18.7. The lowest BCUT2D eigenvalue weighted by atomic mass is 10.0. The van der Waals surface area contributed by atoms with Crippen LogP contribution in [0.2, 0.25) is 0 Å². The summed E-state index contributed by atoms with van der Waals surface area (Å²) in [7, 11) is 1.73. The molecule has 1 amide bonds. The first-order chi connectivity index (χ1) is 15.0. The average Bonchev–Trinajstić information content (AvgIpc) is 2.80. The van der Waals surface area contributed by atoms with Crippen molar-refractivity contribution in [1.82, 2.24) is 14.9 Å². The number of fused-ring (bicyclic) bond motifs is 1. The van der Waals surface area contributed by atoms with Gasteiger partial charge in [0.25, 0.3) is 5.91 Å². The zero-order chi connectivity index (χ0) is 21.8. The van der Waals surface area contributed by atoms with Crippen molar-refractivity contribution in [3.05, 3.63) is 89.9 Å². The highest BCUT2D eigenvalue weighted by Gasteiger charge is 2.18. The normalized spacial score (nSPS) is 10.8. The van der Waals surface area contributed by atoms with Crippen LogP contribution in [0.25, 0.3) is 22.3 Å². The van der Waals surface area contributed by atoms with Gasteiger partial charge in [0.1, 0.15) is 18.2 Å². The van der Waals surface area contributed by atoms with Gasteiger partial charge in [-0.2, -0.15) is 0 Å². The zero-order valence-electron chi connectivity index (χ0n) is 17.4. The van der Waals surface area contributed by atoms with Crippen LogP contribution in [0.3, 0.4) is 0 Å². The van der Waals surface area contributed by atoms with E-state index in [9.17, 15) is 9.18 Å². The average molecular weight is 415 g/mol. The van der Waals surface area contributed by atoms with Crippen LogP contribution < -0.4 is 4.74 Å². The molecule has 0 spiro atoms. The maximum Gasteiger partial charge on any atom is 0.254 e. The summed E-state index contributed by atoms with van der Waals surface area (Å²) in [5, 5.41) is 0.802. The predicted molar refractivity (Wildman–Crippen MR) is 119 cm³/mol. The lowest BCUT2D eigenvalue weighted by Crippen LogP contribution is -2.31. The number of halogens is 1. The summed E-state index contributed by atoms with van der Waals surface area (Å²) in [5.74, 6) is 0.116. The van der Waals surface area contributed by atoms with Crippen LogP contribution >= 0.6 is 0 Å². The van der Waals surface area contributed by atoms with E-state index in [1.54, 1.807) is 36.3 Å². The van der Waals surface area contributed by atoms with Gasteiger partial charge in [0.2, 0.25) is 0 Å². The summed E-state index contributed by atoms with van der Waals surface area (Å²) in [6.45, 7) is 2.65. The van der Waals surface area contributed by atoms with Gasteiger partial charge >= 0.3 is 0 Å². The Kier molecular flexibility index (Phi) is 5.89. The summed E-state index contributed by atoms with van der Waals surface area (Å²) in [4.78, 5) is 24.1. The molecule has 0 radical (unpaired) electrons. The molecule has 0 saturated carbocycles. The van der Waals surface area contributed by atoms with Gasteiger partial charge in [-0.25, -0.2) is 9.37 Å². The third kappa shape index (κ3) is 4.53. The number of pyridine rings is 2. The molecule has 2 aromatic carbocycles. The van der Waals surface area contributed by atoms with E-state index in [1.807, 2.05) is 43.3 Å². The van der Waals surface area contributed by atoms with E-state index in [1.165, 1.54) is 12.1 Å². The second kappa shape index (κ2) is 8.92. The second-order valence-electron chi connectivity index (χ2n) is 7.27. The predicted octanol–water partition coefficient (Wildman–Crippen LogP) is 4.90. The number of ether oxygens (including phenoxy) is 1. The molecule has 4 rings (SSSR count). The molecule has 2 heterocycles. The lowest BCUT2D eigenvalue weighted by molar-refractivity contribution is 0.0775. The van der Waals surface area contributed by atoms with Crippen molar-refractivity contribution in [2.24, 2.45) is 0 Å². The molecule has 0 N–H and O–H groups in total. The Bertz CT molecular complexity index is 1210. The van der Waals surface area contributed by atoms with Gasteiger partial charge in [-0.1, -0.05) is 24.3 Å². The Morgan fingerprint density at radius 2 is 1.84 bits per heavy atom. The minimum Gasteiger partial charge on any atom is -0.492 e. The molecule has 0 unspecified atom stereocenters. The number of benzene rings is 2. The van der Waals surface area contributed by atoms with Crippen LogP contribution in [0.5, 0.6) is 5.75 Å². The van der Waals surface area contributed by atoms with E-state index >= 15 is 0 Å². The second-order valence-corrected chi connectivity index (χ2v) is 7.27. The Labute approximate surface area is 180 Å². The SMILES string of the molecule is Cc1cccc2c(C(=O)N(C)CCOc3ccc(F)cc3)cc(-c3ccccn3)nc12. The van der Waals surface area contributed by atoms with Crippen molar-refractivity contribution in [2.45, 2.75) is 6.92 Å². The summed E-state index contributed by atoms with van der Waals surface area (Å²) >= 11 is 0. The maximum absolute atomic E-state index is 13.3. The highest BCUT2D eigenvalue weighted by atomic mass is 19.1. The molecule has 0 aliphatic carbocycles. The molecule has 31 heavy (non-hydrogen) atoms. The number of aromatic nitrogens is 2. The summed E-state index contributed by atoms with van der Waals surface area (Å²) in [6, 6.07) is 19.0. The molecule has 0 saturated heterocycles. The maximum atomic E-state index is 13.3. The van der Waals surface area contributed by atoms with E-state index in [0.29, 0.717) is 35.9 Å². The van der Waals surface area contributed by atoms with Crippen LogP contribution in [-0.4, -0.2) is 41.0 Å². The molecule has 0 aliphatic heterocycles. The zero-order valence-corrected chi connectivity index (χ0v) is 17.4. The van der Waals surface area contributed by atoms with Crippen LogP contribution in [0.15, 0.2) is 72.9 Å². The molecule has 0 aliphatic rings. The third-order valence-corrected chi connectivity index (χ3v) is 5.05. The number of hydrogen-bond acceptors (Lipinski definition) is 4. The molecular weight excluding hydrogens is 393 g/mol. The lowest BCUT2D eigenvalue weighted by Gasteiger charge is -2.19. The van der Waals surface area contributed by atoms with Crippen LogP contribution in [0.1, 0.15) is 15.9 Å². The van der Waals surface area contributed by atoms with Gasteiger partial charge in [0, 0.05) is 18.6 Å². The molecule has 0 atom stereocenters. The van der Waals surface area contributed by atoms with Crippen LogP contribution in [-0.2, 0) is 0 Å². The molecule has 4 aromatic rings. The van der Waals surface area contributed by atoms with Crippen molar-refractivity contribution in [2.75, 3.05) is 20.2 Å². The summed E-state index contributed by atoms with van der Waals surface area (Å²) in [5.41, 5.74) is 3.71. The Morgan fingerprint density at radius 1 is 1.03 bits per heavy atom. The van der Waals surface area contributed by atoms with Crippen molar-refractivity contribution in [3.8, 4) is 17.1 Å². The van der Waals surface area contributed by atoms with Gasteiger partial charge in [-0.05, 0) is 55.0 Å². The monoisotopic (exact) mass is 415 g/mol. The first-order valence-corrected chi connectivity index (χ1v) is 9.98. The largest absolute Gasteiger partial charge is 0.492 e. The van der Waals surface area contributed by atoms with E-state index in [0.717, 1.165) is 16.5 Å². The highest BCUT2D eigenvalue weighted by molar-refractivity contribution is 6.07. The Hall–Kier alpha value is -3.80. The van der Waals surface area contributed by atoms with Gasteiger partial charge in [-0.15, -0.1) is 0 Å². The topological polar surface area (TPSA) is 55.3 Å². The molecule has 2 aromatic heterocycles. The van der Waals surface area contributed by atoms with Crippen molar-refractivity contribution >= 4 is 16.8 Å². The van der Waals surface area contributed by atoms with Crippen molar-refractivity contribution in [3.63, 3.8) is 0 Å². The minimum absolute atomic E-state index is 0.127. The number of aryl methyl sites for hydroxylation is 1. The molecule has 156 valence electrons. The number of para-hydroxylation sites is 1. The quantitative estimate of drug-likeness (QED) is 0.450. The van der Waals surface area contributed by atoms with E-state index in [-0.39, 0.29) is 11.7 Å². The van der Waals surface area contributed by atoms with Gasteiger partial charge in [0.15, 0.2) is 0 Å². The molecule has 0 bridgehead atoms. The number of hydrogen-bond donors (Lipinski definition) is 0. The first kappa shape index (κ1) is 20.5. The number of nitrogens with zero attached hydrogens (tertiary/aromatic N) is 3. The number of amides is 1. The van der Waals surface area contributed by atoms with E-state index in [2.05, 4.69) is 4.98 Å². The number of rotatable bonds is 6. The fourth-order valence-electron chi connectivity index (χ4n) is 3.35. The van der Waals surface area contributed by atoms with Crippen molar-refractivity contribution in [1.29, 1.82) is 0 Å². The third-order valence-electron chi connectivity index (χ3n) is 5.05. The molecule has 0 fully saturated rings. The fourth-order valence-corrected chi connectivity index (χ4v) is 3.35. The van der Waals surface area contributed by atoms with Gasteiger partial charge < -0.3 is 9.64 Å². The van der Waals surface area contributed by atoms with E-state index < -0.39 is 0 Å². The Balaban J connectivity index is 1.60. The fraction of sp³-hybridized carbons (Fsp3) is 0.160. The first-order valence-electron chi connectivity index (χ1n) is 9.98. The van der Waals surface area contributed by atoms with Gasteiger partial charge in [0.05, 0.1) is 29.0 Å². The molecule has 6 heteroatoms. The Morgan fingerprint density at radius 3 is 2.58 bits per heavy atom. The molecule has 5 nitrogen and oxygen atoms in total. The number of carbonyl (C=O) groups excluding carboxylic acids is 1. The molecular formula is C25H22FN3O2. The minimum atomic E-state index is -0.316. The number of carbonyl (C=O) groups is 1. The smallest absolute Gasteiger partial charge is 0.254 e. The standard InChI is InChI=1S/C25H22FN3O2/c1-17-6-5-7-20-21(16-23(28-24(17)20)22-8-3-4-13-27-22)25(30)29(2)14-15-31-19-11-9-18(26)10-12-19/h3-13,16H,14-15H2,1-2H3. The van der Waals surface area contributed by atoms with Crippen LogP contribution in [0, 0.1) is 12.7 Å².